The van der Waals surface area contributed by atoms with Gasteiger partial charge in [0.25, 0.3) is 0 Å². The molecule has 88 valence electrons. The molecule has 1 rings (SSSR count). The van der Waals surface area contributed by atoms with E-state index in [0.717, 1.165) is 11.1 Å². The summed E-state index contributed by atoms with van der Waals surface area (Å²) >= 11 is 0. The van der Waals surface area contributed by atoms with Crippen LogP contribution in [0, 0.1) is 0 Å². The summed E-state index contributed by atoms with van der Waals surface area (Å²) in [5.74, 6) is 0. The smallest absolute Gasteiger partial charge is 0.404 e. The maximum Gasteiger partial charge on any atom is 0.404 e. The fraction of sp³-hybridized carbons (Fsp3) is 0.417. The van der Waals surface area contributed by atoms with E-state index in [-0.39, 0.29) is 12.1 Å². The number of hydrogen-bond donors (Lipinski definition) is 3. The number of benzene rings is 1. The SMILES string of the molecule is C[C@@H](Cc1cccc([C@@H](C)N)c1)NC(=O)O. The first-order chi connectivity index (χ1) is 7.49. The summed E-state index contributed by atoms with van der Waals surface area (Å²) in [4.78, 5) is 10.4. The van der Waals surface area contributed by atoms with Crippen molar-refractivity contribution in [3.8, 4) is 0 Å². The Morgan fingerprint density at radius 1 is 1.50 bits per heavy atom. The van der Waals surface area contributed by atoms with E-state index in [1.165, 1.54) is 0 Å². The molecule has 0 spiro atoms. The van der Waals surface area contributed by atoms with E-state index in [1.807, 2.05) is 38.1 Å². The average Bonchev–Trinajstić information content (AvgIpc) is 2.16. The van der Waals surface area contributed by atoms with Gasteiger partial charge in [0, 0.05) is 12.1 Å². The van der Waals surface area contributed by atoms with Crippen LogP contribution >= 0.6 is 0 Å². The van der Waals surface area contributed by atoms with Crippen molar-refractivity contribution in [3.05, 3.63) is 35.4 Å². The fourth-order valence-corrected chi connectivity index (χ4v) is 1.62. The predicted molar refractivity (Wildman–Crippen MR) is 63.4 cm³/mol. The third-order valence-corrected chi connectivity index (χ3v) is 2.39. The molecule has 16 heavy (non-hydrogen) atoms. The molecule has 4 nitrogen and oxygen atoms in total. The van der Waals surface area contributed by atoms with Crippen molar-refractivity contribution in [2.75, 3.05) is 0 Å². The van der Waals surface area contributed by atoms with Crippen LogP contribution < -0.4 is 11.1 Å². The highest BCUT2D eigenvalue weighted by atomic mass is 16.4. The molecule has 0 heterocycles. The minimum Gasteiger partial charge on any atom is -0.465 e. The summed E-state index contributed by atoms with van der Waals surface area (Å²) in [5, 5.41) is 11.0. The minimum absolute atomic E-state index is 0.00249. The van der Waals surface area contributed by atoms with Crippen LogP contribution in [0.25, 0.3) is 0 Å². The molecule has 0 bridgehead atoms. The first-order valence-corrected chi connectivity index (χ1v) is 5.33. The van der Waals surface area contributed by atoms with Crippen molar-refractivity contribution in [2.24, 2.45) is 5.73 Å². The number of amides is 1. The highest BCUT2D eigenvalue weighted by Crippen LogP contribution is 2.13. The number of carboxylic acid groups (broad SMARTS) is 1. The number of hydrogen-bond acceptors (Lipinski definition) is 2. The second kappa shape index (κ2) is 5.51. The van der Waals surface area contributed by atoms with Crippen LogP contribution in [0.5, 0.6) is 0 Å². The molecule has 4 N–H and O–H groups in total. The minimum atomic E-state index is -0.990. The molecule has 0 aliphatic carbocycles. The topological polar surface area (TPSA) is 75.3 Å². The van der Waals surface area contributed by atoms with E-state index in [2.05, 4.69) is 5.32 Å². The maximum absolute atomic E-state index is 10.4. The molecule has 2 atom stereocenters. The summed E-state index contributed by atoms with van der Waals surface area (Å²) < 4.78 is 0. The fourth-order valence-electron chi connectivity index (χ4n) is 1.62. The van der Waals surface area contributed by atoms with Gasteiger partial charge in [-0.05, 0) is 31.4 Å². The summed E-state index contributed by atoms with van der Waals surface area (Å²) in [6, 6.07) is 7.82. The lowest BCUT2D eigenvalue weighted by atomic mass is 10.0. The van der Waals surface area contributed by atoms with Gasteiger partial charge in [0.15, 0.2) is 0 Å². The zero-order valence-electron chi connectivity index (χ0n) is 9.60. The van der Waals surface area contributed by atoms with Crippen molar-refractivity contribution in [2.45, 2.75) is 32.4 Å². The van der Waals surface area contributed by atoms with Gasteiger partial charge in [0.2, 0.25) is 0 Å². The molecular formula is C12H18N2O2. The molecule has 0 saturated carbocycles. The van der Waals surface area contributed by atoms with Gasteiger partial charge < -0.3 is 16.2 Å². The molecule has 1 aromatic rings. The van der Waals surface area contributed by atoms with E-state index in [1.54, 1.807) is 0 Å². The lowest BCUT2D eigenvalue weighted by Gasteiger charge is -2.13. The van der Waals surface area contributed by atoms with E-state index < -0.39 is 6.09 Å². The Kier molecular flexibility index (Phi) is 4.31. The molecule has 0 radical (unpaired) electrons. The molecule has 0 unspecified atom stereocenters. The Balaban J connectivity index is 2.66. The average molecular weight is 222 g/mol. The number of nitrogens with one attached hydrogen (secondary N) is 1. The van der Waals surface area contributed by atoms with Gasteiger partial charge in [0.1, 0.15) is 0 Å². The van der Waals surface area contributed by atoms with Gasteiger partial charge in [-0.3, -0.25) is 0 Å². The molecule has 0 aromatic heterocycles. The highest BCUT2D eigenvalue weighted by molar-refractivity contribution is 5.64. The first kappa shape index (κ1) is 12.5. The second-order valence-electron chi connectivity index (χ2n) is 4.09. The lowest BCUT2D eigenvalue weighted by molar-refractivity contribution is 0.190. The largest absolute Gasteiger partial charge is 0.465 e. The number of nitrogens with two attached hydrogens (primary N) is 1. The molecule has 0 aliphatic rings. The van der Waals surface area contributed by atoms with Crippen LogP contribution in [0.2, 0.25) is 0 Å². The molecular weight excluding hydrogens is 204 g/mol. The number of rotatable bonds is 4. The summed E-state index contributed by atoms with van der Waals surface area (Å²) in [6.45, 7) is 3.77. The number of carbonyl (C=O) groups is 1. The molecule has 4 heteroatoms. The van der Waals surface area contributed by atoms with Crippen LogP contribution in [0.15, 0.2) is 24.3 Å². The van der Waals surface area contributed by atoms with Crippen molar-refractivity contribution in [1.82, 2.24) is 5.32 Å². The molecule has 0 fully saturated rings. The Bertz CT molecular complexity index is 364. The zero-order chi connectivity index (χ0) is 12.1. The highest BCUT2D eigenvalue weighted by Gasteiger charge is 2.07. The lowest BCUT2D eigenvalue weighted by Crippen LogP contribution is -2.32. The summed E-state index contributed by atoms with van der Waals surface area (Å²) in [6.07, 6.45) is -0.316. The first-order valence-electron chi connectivity index (χ1n) is 5.33. The van der Waals surface area contributed by atoms with Gasteiger partial charge >= 0.3 is 6.09 Å². The molecule has 0 aliphatic heterocycles. The van der Waals surface area contributed by atoms with Crippen molar-refractivity contribution >= 4 is 6.09 Å². The van der Waals surface area contributed by atoms with Gasteiger partial charge in [-0.1, -0.05) is 24.3 Å². The van der Waals surface area contributed by atoms with Crippen LogP contribution in [0.3, 0.4) is 0 Å². The Hall–Kier alpha value is -1.55. The molecule has 1 aromatic carbocycles. The van der Waals surface area contributed by atoms with Crippen LogP contribution in [0.1, 0.15) is 31.0 Å². The van der Waals surface area contributed by atoms with Crippen molar-refractivity contribution in [1.29, 1.82) is 0 Å². The standard InChI is InChI=1S/C12H18N2O2/c1-8(14-12(15)16)6-10-4-3-5-11(7-10)9(2)13/h3-5,7-9,14H,6,13H2,1-2H3,(H,15,16)/t8-,9+/m0/s1. The Morgan fingerprint density at radius 3 is 2.75 bits per heavy atom. The van der Waals surface area contributed by atoms with E-state index in [0.29, 0.717) is 6.42 Å². The quantitative estimate of drug-likeness (QED) is 0.728. The molecule has 1 amide bonds. The van der Waals surface area contributed by atoms with Crippen molar-refractivity contribution < 1.29 is 9.90 Å². The van der Waals surface area contributed by atoms with Crippen LogP contribution in [-0.4, -0.2) is 17.2 Å². The van der Waals surface area contributed by atoms with Gasteiger partial charge in [-0.2, -0.15) is 0 Å². The van der Waals surface area contributed by atoms with Gasteiger partial charge in [-0.15, -0.1) is 0 Å². The predicted octanol–water partition coefficient (Wildman–Crippen LogP) is 1.90. The third kappa shape index (κ3) is 3.90. The van der Waals surface area contributed by atoms with Crippen LogP contribution in [-0.2, 0) is 6.42 Å². The van der Waals surface area contributed by atoms with Crippen molar-refractivity contribution in [3.63, 3.8) is 0 Å². The zero-order valence-corrected chi connectivity index (χ0v) is 9.60. The Morgan fingerprint density at radius 2 is 2.19 bits per heavy atom. The van der Waals surface area contributed by atoms with E-state index in [4.69, 9.17) is 10.8 Å². The monoisotopic (exact) mass is 222 g/mol. The Labute approximate surface area is 95.5 Å². The molecule has 0 saturated heterocycles. The maximum atomic E-state index is 10.4. The van der Waals surface area contributed by atoms with Gasteiger partial charge in [0.05, 0.1) is 0 Å². The summed E-state index contributed by atoms with van der Waals surface area (Å²) in [5.41, 5.74) is 7.95. The third-order valence-electron chi connectivity index (χ3n) is 2.39. The normalized spacial score (nSPS) is 14.2. The second-order valence-corrected chi connectivity index (χ2v) is 4.09. The van der Waals surface area contributed by atoms with Gasteiger partial charge in [-0.25, -0.2) is 4.79 Å². The summed E-state index contributed by atoms with van der Waals surface area (Å²) in [7, 11) is 0. The van der Waals surface area contributed by atoms with E-state index >= 15 is 0 Å². The van der Waals surface area contributed by atoms with Crippen LogP contribution in [0.4, 0.5) is 4.79 Å². The van der Waals surface area contributed by atoms with E-state index in [9.17, 15) is 4.79 Å².